The van der Waals surface area contributed by atoms with Crippen molar-refractivity contribution in [3.05, 3.63) is 60.3 Å². The number of anilines is 2. The van der Waals surface area contributed by atoms with E-state index >= 15 is 0 Å². The van der Waals surface area contributed by atoms with Crippen LogP contribution in [-0.4, -0.2) is 10.5 Å². The van der Waals surface area contributed by atoms with Crippen molar-refractivity contribution < 1.29 is 4.79 Å². The first-order valence-electron chi connectivity index (χ1n) is 8.24. The van der Waals surface area contributed by atoms with E-state index in [0.29, 0.717) is 18.0 Å². The molecule has 0 bridgehead atoms. The first-order chi connectivity index (χ1) is 11.5. The zero-order chi connectivity index (χ0) is 17.1. The van der Waals surface area contributed by atoms with Crippen molar-refractivity contribution in [3.63, 3.8) is 0 Å². The molecule has 4 nitrogen and oxygen atoms in total. The lowest BCUT2D eigenvalue weighted by atomic mass is 10.1. The Morgan fingerprint density at radius 2 is 1.77 bits per heavy atom. The van der Waals surface area contributed by atoms with E-state index < -0.39 is 0 Å². The van der Waals surface area contributed by atoms with Gasteiger partial charge in [-0.1, -0.05) is 26.0 Å². The molecule has 0 fully saturated rings. The molecule has 2 aromatic carbocycles. The van der Waals surface area contributed by atoms with Crippen molar-refractivity contribution in [2.24, 2.45) is 5.92 Å². The average Bonchev–Trinajstić information content (AvgIpc) is 2.91. The Bertz CT molecular complexity index is 857. The van der Waals surface area contributed by atoms with E-state index in [9.17, 15) is 4.79 Å². The highest BCUT2D eigenvalue weighted by Gasteiger charge is 2.07. The fourth-order valence-electron chi connectivity index (χ4n) is 2.86. The summed E-state index contributed by atoms with van der Waals surface area (Å²) in [7, 11) is 0. The molecule has 1 heterocycles. The van der Waals surface area contributed by atoms with Gasteiger partial charge in [0.05, 0.1) is 6.42 Å². The van der Waals surface area contributed by atoms with Gasteiger partial charge in [0, 0.05) is 35.0 Å². The number of aromatic nitrogens is 1. The molecule has 3 N–H and O–H groups in total. The summed E-state index contributed by atoms with van der Waals surface area (Å²) in [5.74, 6) is 0.570. The van der Waals surface area contributed by atoms with Gasteiger partial charge in [-0.2, -0.15) is 0 Å². The number of nitrogens with two attached hydrogens (primary N) is 1. The molecule has 0 saturated carbocycles. The number of rotatable bonds is 5. The number of nitrogens with one attached hydrogen (secondary N) is 1. The van der Waals surface area contributed by atoms with E-state index in [4.69, 9.17) is 5.73 Å². The van der Waals surface area contributed by atoms with Gasteiger partial charge in [0.15, 0.2) is 0 Å². The van der Waals surface area contributed by atoms with E-state index in [0.717, 1.165) is 23.2 Å². The molecule has 1 amide bonds. The normalized spacial score (nSPS) is 10.3. The van der Waals surface area contributed by atoms with Crippen molar-refractivity contribution >= 4 is 53.0 Å². The number of carbonyl (C=O) groups is 1. The minimum Gasteiger partial charge on any atom is -0.399 e. The Balaban J connectivity index is 0.00000169. The molecule has 3 rings (SSSR count). The van der Waals surface area contributed by atoms with E-state index in [1.807, 2.05) is 36.4 Å². The molecule has 0 aliphatic carbocycles. The molecule has 0 aliphatic heterocycles. The number of amides is 1. The average molecular weight is 394 g/mol. The summed E-state index contributed by atoms with van der Waals surface area (Å²) in [5.41, 5.74) is 9.34. The predicted octanol–water partition coefficient (Wildman–Crippen LogP) is 4.90. The van der Waals surface area contributed by atoms with Crippen LogP contribution in [0.5, 0.6) is 0 Å². The van der Waals surface area contributed by atoms with Crippen LogP contribution < -0.4 is 11.1 Å². The molecule has 140 valence electrons. The number of hydrogen-bond donors (Lipinski definition) is 2. The molecule has 0 radical (unpaired) electrons. The van der Waals surface area contributed by atoms with Crippen molar-refractivity contribution in [2.45, 2.75) is 26.8 Å². The Morgan fingerprint density at radius 3 is 2.42 bits per heavy atom. The van der Waals surface area contributed by atoms with Gasteiger partial charge in [0.2, 0.25) is 5.91 Å². The Morgan fingerprint density at radius 1 is 1.08 bits per heavy atom. The van der Waals surface area contributed by atoms with Crippen LogP contribution in [0.15, 0.2) is 54.7 Å². The van der Waals surface area contributed by atoms with Gasteiger partial charge in [-0.25, -0.2) is 0 Å². The maximum atomic E-state index is 12.2. The largest absolute Gasteiger partial charge is 0.399 e. The van der Waals surface area contributed by atoms with Crippen LogP contribution in [0.3, 0.4) is 0 Å². The number of fused-ring (bicyclic) bond motifs is 1. The van der Waals surface area contributed by atoms with Crippen LogP contribution >= 0.6 is 24.8 Å². The van der Waals surface area contributed by atoms with Gasteiger partial charge in [-0.05, 0) is 47.9 Å². The fraction of sp³-hybridized carbons (Fsp3) is 0.250. The summed E-state index contributed by atoms with van der Waals surface area (Å²) in [6.07, 6.45) is 2.44. The van der Waals surface area contributed by atoms with E-state index in [-0.39, 0.29) is 30.7 Å². The number of nitrogens with zero attached hydrogens (tertiary/aromatic N) is 1. The number of hydrogen-bond acceptors (Lipinski definition) is 2. The zero-order valence-corrected chi connectivity index (χ0v) is 16.6. The van der Waals surface area contributed by atoms with Crippen LogP contribution in [0.2, 0.25) is 0 Å². The van der Waals surface area contributed by atoms with Crippen LogP contribution in [-0.2, 0) is 17.8 Å². The van der Waals surface area contributed by atoms with Crippen LogP contribution in [0, 0.1) is 5.92 Å². The lowest BCUT2D eigenvalue weighted by molar-refractivity contribution is -0.115. The van der Waals surface area contributed by atoms with Gasteiger partial charge in [-0.15, -0.1) is 24.8 Å². The highest BCUT2D eigenvalue weighted by Crippen LogP contribution is 2.21. The molecule has 0 aliphatic rings. The third-order valence-corrected chi connectivity index (χ3v) is 3.96. The quantitative estimate of drug-likeness (QED) is 0.605. The minimum absolute atomic E-state index is 0. The molecular weight excluding hydrogens is 369 g/mol. The smallest absolute Gasteiger partial charge is 0.228 e. The highest BCUT2D eigenvalue weighted by atomic mass is 35.5. The van der Waals surface area contributed by atoms with Crippen LogP contribution in [0.4, 0.5) is 11.4 Å². The first-order valence-corrected chi connectivity index (χ1v) is 8.24. The molecule has 0 saturated heterocycles. The van der Waals surface area contributed by atoms with Crippen molar-refractivity contribution in [2.75, 3.05) is 11.1 Å². The molecule has 26 heavy (non-hydrogen) atoms. The lowest BCUT2D eigenvalue weighted by Crippen LogP contribution is -2.14. The van der Waals surface area contributed by atoms with Crippen molar-refractivity contribution in [1.29, 1.82) is 0 Å². The fourth-order valence-corrected chi connectivity index (χ4v) is 2.86. The number of carbonyl (C=O) groups excluding carboxylic acids is 1. The molecule has 0 atom stereocenters. The lowest BCUT2D eigenvalue weighted by Gasteiger charge is -2.09. The summed E-state index contributed by atoms with van der Waals surface area (Å²) >= 11 is 0. The predicted molar refractivity (Wildman–Crippen MR) is 114 cm³/mol. The Kier molecular flexibility index (Phi) is 8.00. The third-order valence-electron chi connectivity index (χ3n) is 3.96. The number of nitrogen functional groups attached to an aromatic ring is 1. The second-order valence-electron chi connectivity index (χ2n) is 6.60. The summed E-state index contributed by atoms with van der Waals surface area (Å²) in [4.78, 5) is 12.2. The highest BCUT2D eigenvalue weighted by molar-refractivity contribution is 5.95. The molecule has 0 unspecified atom stereocenters. The van der Waals surface area contributed by atoms with Crippen LogP contribution in [0.25, 0.3) is 10.9 Å². The first kappa shape index (κ1) is 21.9. The van der Waals surface area contributed by atoms with Gasteiger partial charge in [-0.3, -0.25) is 4.79 Å². The van der Waals surface area contributed by atoms with Gasteiger partial charge < -0.3 is 15.6 Å². The number of benzene rings is 2. The van der Waals surface area contributed by atoms with E-state index in [1.165, 1.54) is 5.52 Å². The molecule has 0 spiro atoms. The molecular formula is C20H25Cl2N3O. The maximum absolute atomic E-state index is 12.2. The maximum Gasteiger partial charge on any atom is 0.228 e. The second kappa shape index (κ2) is 9.51. The Labute approximate surface area is 166 Å². The molecule has 6 heteroatoms. The standard InChI is InChI=1S/C20H23N3O.2ClH/c1-14(2)13-23-10-9-16-12-18(7-8-19(16)23)22-20(24)11-15-3-5-17(21)6-4-15;;/h3-10,12,14H,11,13,21H2,1-2H3,(H,22,24);2*1H. The van der Waals surface area contributed by atoms with Gasteiger partial charge in [0.25, 0.3) is 0 Å². The monoisotopic (exact) mass is 393 g/mol. The van der Waals surface area contributed by atoms with Crippen molar-refractivity contribution in [1.82, 2.24) is 4.57 Å². The van der Waals surface area contributed by atoms with Gasteiger partial charge >= 0.3 is 0 Å². The molecule has 1 aromatic heterocycles. The summed E-state index contributed by atoms with van der Waals surface area (Å²) in [6.45, 7) is 5.40. The SMILES string of the molecule is CC(C)Cn1ccc2cc(NC(=O)Cc3ccc(N)cc3)ccc21.Cl.Cl. The zero-order valence-electron chi connectivity index (χ0n) is 14.9. The van der Waals surface area contributed by atoms with Gasteiger partial charge in [0.1, 0.15) is 0 Å². The number of halogens is 2. The Hall–Kier alpha value is -2.17. The topological polar surface area (TPSA) is 60.0 Å². The molecule has 3 aromatic rings. The third kappa shape index (κ3) is 5.41. The minimum atomic E-state index is -0.0271. The van der Waals surface area contributed by atoms with Crippen LogP contribution in [0.1, 0.15) is 19.4 Å². The van der Waals surface area contributed by atoms with E-state index in [2.05, 4.69) is 42.1 Å². The summed E-state index contributed by atoms with van der Waals surface area (Å²) in [5, 5.41) is 4.11. The van der Waals surface area contributed by atoms with E-state index in [1.54, 1.807) is 0 Å². The summed E-state index contributed by atoms with van der Waals surface area (Å²) < 4.78 is 2.25. The van der Waals surface area contributed by atoms with Crippen molar-refractivity contribution in [3.8, 4) is 0 Å². The summed E-state index contributed by atoms with van der Waals surface area (Å²) in [6, 6.07) is 15.5. The second-order valence-corrected chi connectivity index (χ2v) is 6.60.